The lowest BCUT2D eigenvalue weighted by Gasteiger charge is -2.27. The average Bonchev–Trinajstić information content (AvgIpc) is 2.83. The topological polar surface area (TPSA) is 18.5 Å². The summed E-state index contributed by atoms with van der Waals surface area (Å²) in [6.45, 7) is 3.04. The van der Waals surface area contributed by atoms with E-state index in [1.165, 1.54) is 19.1 Å². The predicted octanol–water partition coefficient (Wildman–Crippen LogP) is 8.13. The van der Waals surface area contributed by atoms with E-state index < -0.39 is 41.3 Å². The van der Waals surface area contributed by atoms with Gasteiger partial charge >= 0.3 is 0 Å². The van der Waals surface area contributed by atoms with Crippen molar-refractivity contribution in [1.29, 1.82) is 0 Å². The van der Waals surface area contributed by atoms with Crippen molar-refractivity contribution in [2.24, 2.45) is 5.92 Å². The minimum atomic E-state index is -1.14. The van der Waals surface area contributed by atoms with E-state index in [-0.39, 0.29) is 11.7 Å². The lowest BCUT2D eigenvalue weighted by atomic mass is 9.94. The number of alkyl halides is 1. The smallest absolute Gasteiger partial charge is 0.177 e. The molecule has 34 heavy (non-hydrogen) atoms. The van der Waals surface area contributed by atoms with Crippen molar-refractivity contribution in [2.45, 2.75) is 39.5 Å². The number of halogens is 6. The van der Waals surface area contributed by atoms with Crippen LogP contribution in [0.5, 0.6) is 5.75 Å². The second kappa shape index (κ2) is 11.4. The lowest BCUT2D eigenvalue weighted by molar-refractivity contribution is -0.0123. The van der Waals surface area contributed by atoms with Crippen LogP contribution >= 0.6 is 0 Å². The second-order valence-corrected chi connectivity index (χ2v) is 8.27. The van der Waals surface area contributed by atoms with Gasteiger partial charge in [-0.2, -0.15) is 0 Å². The van der Waals surface area contributed by atoms with Crippen molar-refractivity contribution in [1.82, 2.24) is 0 Å². The summed E-state index contributed by atoms with van der Waals surface area (Å²) in [6.07, 6.45) is 2.20. The Kier molecular flexibility index (Phi) is 8.61. The fourth-order valence-corrected chi connectivity index (χ4v) is 3.60. The third-order valence-electron chi connectivity index (χ3n) is 5.74. The van der Waals surface area contributed by atoms with Crippen LogP contribution in [-0.2, 0) is 11.4 Å². The Morgan fingerprint density at radius 2 is 1.44 bits per heavy atom. The normalized spacial score (nSPS) is 17.6. The van der Waals surface area contributed by atoms with E-state index in [1.807, 2.05) is 24.3 Å². The van der Waals surface area contributed by atoms with Gasteiger partial charge in [-0.25, -0.2) is 22.0 Å². The summed E-state index contributed by atoms with van der Waals surface area (Å²) in [7, 11) is 0. The van der Waals surface area contributed by atoms with E-state index >= 15 is 0 Å². The molecule has 1 aliphatic rings. The summed E-state index contributed by atoms with van der Waals surface area (Å²) < 4.78 is 82.3. The molecule has 2 nitrogen and oxygen atoms in total. The monoisotopic (exact) mass is 482 g/mol. The van der Waals surface area contributed by atoms with Crippen LogP contribution in [-0.4, -0.2) is 6.61 Å². The predicted molar refractivity (Wildman–Crippen MR) is 117 cm³/mol. The Balaban J connectivity index is 0.000000248. The largest absolute Gasteiger partial charge is 0.373 e. The molecule has 0 bridgehead atoms. The first-order valence-electron chi connectivity index (χ1n) is 10.7. The summed E-state index contributed by atoms with van der Waals surface area (Å²) in [5.41, 5.74) is 1.51. The summed E-state index contributed by atoms with van der Waals surface area (Å²) >= 11 is 0. The molecular weight excluding hydrogens is 458 g/mol. The minimum absolute atomic E-state index is 0.0858. The number of benzene rings is 3. The molecule has 1 heterocycles. The molecule has 1 aliphatic heterocycles. The van der Waals surface area contributed by atoms with E-state index in [0.717, 1.165) is 37.1 Å². The van der Waals surface area contributed by atoms with Crippen molar-refractivity contribution in [3.8, 4) is 16.9 Å². The van der Waals surface area contributed by atoms with Gasteiger partial charge < -0.3 is 4.74 Å². The van der Waals surface area contributed by atoms with Crippen LogP contribution in [0.3, 0.4) is 0 Å². The first-order valence-corrected chi connectivity index (χ1v) is 10.7. The van der Waals surface area contributed by atoms with Crippen molar-refractivity contribution < 1.29 is 36.2 Å². The van der Waals surface area contributed by atoms with Crippen LogP contribution in [0.1, 0.15) is 42.6 Å². The van der Waals surface area contributed by atoms with Gasteiger partial charge in [0.05, 0.1) is 11.7 Å². The summed E-state index contributed by atoms with van der Waals surface area (Å²) in [5, 5.41) is 0. The maximum Gasteiger partial charge on any atom is 0.177 e. The fraction of sp³-hybridized carbons (Fsp3) is 0.308. The van der Waals surface area contributed by atoms with E-state index in [1.54, 1.807) is 0 Å². The zero-order chi connectivity index (χ0) is 24.8. The molecule has 3 aromatic rings. The van der Waals surface area contributed by atoms with Gasteiger partial charge in [0.2, 0.25) is 0 Å². The van der Waals surface area contributed by atoms with Crippen LogP contribution in [0, 0.1) is 36.1 Å². The highest BCUT2D eigenvalue weighted by Gasteiger charge is 2.20. The highest BCUT2D eigenvalue weighted by atomic mass is 19.3. The molecule has 182 valence electrons. The minimum Gasteiger partial charge on any atom is -0.373 e. The van der Waals surface area contributed by atoms with Gasteiger partial charge in [-0.1, -0.05) is 31.2 Å². The third kappa shape index (κ3) is 6.11. The fourth-order valence-electron chi connectivity index (χ4n) is 3.60. The van der Waals surface area contributed by atoms with Crippen LogP contribution in [0.15, 0.2) is 48.5 Å². The van der Waals surface area contributed by atoms with Gasteiger partial charge in [0.25, 0.3) is 0 Å². The van der Waals surface area contributed by atoms with Crippen LogP contribution in [0.25, 0.3) is 11.1 Å². The first kappa shape index (κ1) is 25.6. The molecule has 0 spiro atoms. The van der Waals surface area contributed by atoms with Gasteiger partial charge in [-0.15, -0.1) is 0 Å². The van der Waals surface area contributed by atoms with Crippen molar-refractivity contribution >= 4 is 0 Å². The third-order valence-corrected chi connectivity index (χ3v) is 5.74. The SMILES string of the molecule is CC1CCC(c2ccc(-c3cc(F)c(CF)c(F)c3)cc2)OC1.Cc1c(F)cc(OF)cc1F. The maximum atomic E-state index is 13.7. The lowest BCUT2D eigenvalue weighted by Crippen LogP contribution is -2.18. The molecule has 4 rings (SSSR count). The van der Waals surface area contributed by atoms with Crippen LogP contribution < -0.4 is 4.94 Å². The van der Waals surface area contributed by atoms with Gasteiger partial charge in [0.1, 0.15) is 29.9 Å². The molecule has 3 aromatic carbocycles. The van der Waals surface area contributed by atoms with Crippen molar-refractivity contribution in [3.05, 3.63) is 88.5 Å². The van der Waals surface area contributed by atoms with Gasteiger partial charge in [-0.3, -0.25) is 4.94 Å². The molecular formula is C26H24F6O2. The molecule has 0 aromatic heterocycles. The van der Waals surface area contributed by atoms with Crippen molar-refractivity contribution in [2.75, 3.05) is 6.61 Å². The summed E-state index contributed by atoms with van der Waals surface area (Å²) in [4.78, 5) is 3.15. The summed E-state index contributed by atoms with van der Waals surface area (Å²) in [5.74, 6) is -3.22. The van der Waals surface area contributed by atoms with Gasteiger partial charge in [-0.05, 0) is 54.5 Å². The molecule has 1 fully saturated rings. The van der Waals surface area contributed by atoms with Gasteiger partial charge in [0, 0.05) is 28.8 Å². The van der Waals surface area contributed by atoms with Crippen LogP contribution in [0.4, 0.5) is 26.5 Å². The van der Waals surface area contributed by atoms with E-state index in [0.29, 0.717) is 17.0 Å². The Labute approximate surface area is 194 Å². The molecule has 1 saturated heterocycles. The molecule has 8 heteroatoms. The standard InChI is InChI=1S/C19H19F3O.C7H5F3O/c1-12-2-7-19(23-11-12)14-5-3-13(4-6-14)15-8-17(21)16(10-20)18(22)9-15;1-4-6(8)2-5(11-10)3-7(4)9/h3-6,8-9,12,19H,2,7,10-11H2,1H3;2-3H,1H3. The Bertz CT molecular complexity index is 1060. The Morgan fingerprint density at radius 1 is 0.853 bits per heavy atom. The molecule has 0 amide bonds. The molecule has 0 radical (unpaired) electrons. The molecule has 0 N–H and O–H groups in total. The average molecular weight is 482 g/mol. The number of rotatable bonds is 4. The highest BCUT2D eigenvalue weighted by Crippen LogP contribution is 2.32. The molecule has 2 unspecified atom stereocenters. The number of hydrogen-bond donors (Lipinski definition) is 0. The van der Waals surface area contributed by atoms with E-state index in [4.69, 9.17) is 4.74 Å². The van der Waals surface area contributed by atoms with Crippen LogP contribution in [0.2, 0.25) is 0 Å². The zero-order valence-corrected chi connectivity index (χ0v) is 18.7. The number of ether oxygens (including phenoxy) is 1. The zero-order valence-electron chi connectivity index (χ0n) is 18.7. The molecule has 0 aliphatic carbocycles. The van der Waals surface area contributed by atoms with E-state index in [2.05, 4.69) is 11.9 Å². The number of hydrogen-bond acceptors (Lipinski definition) is 2. The quantitative estimate of drug-likeness (QED) is 0.350. The van der Waals surface area contributed by atoms with E-state index in [9.17, 15) is 26.5 Å². The highest BCUT2D eigenvalue weighted by molar-refractivity contribution is 5.64. The van der Waals surface area contributed by atoms with Gasteiger partial charge in [0.15, 0.2) is 5.75 Å². The Morgan fingerprint density at radius 3 is 1.91 bits per heavy atom. The summed E-state index contributed by atoms with van der Waals surface area (Å²) in [6, 6.07) is 11.4. The molecule has 2 atom stereocenters. The van der Waals surface area contributed by atoms with Crippen molar-refractivity contribution in [3.63, 3.8) is 0 Å². The first-order chi connectivity index (χ1) is 16.2. The molecule has 0 saturated carbocycles. The second-order valence-electron chi connectivity index (χ2n) is 8.27. The Hall–Kier alpha value is -3.00. The maximum absolute atomic E-state index is 13.7.